The fourth-order valence-electron chi connectivity index (χ4n) is 2.90. The average Bonchev–Trinajstić information content (AvgIpc) is 2.53. The summed E-state index contributed by atoms with van der Waals surface area (Å²) >= 11 is 0. The van der Waals surface area contributed by atoms with Crippen LogP contribution in [0.3, 0.4) is 0 Å². The summed E-state index contributed by atoms with van der Waals surface area (Å²) in [5.41, 5.74) is 0.494. The van der Waals surface area contributed by atoms with Gasteiger partial charge in [0.05, 0.1) is 13.2 Å². The fourth-order valence-corrected chi connectivity index (χ4v) is 2.90. The first-order valence-electron chi connectivity index (χ1n) is 8.22. The quantitative estimate of drug-likeness (QED) is 0.535. The van der Waals surface area contributed by atoms with Crippen molar-refractivity contribution >= 4 is 11.8 Å². The molecule has 1 aromatic heterocycles. The smallest absolute Gasteiger partial charge is 0.513 e. The number of piperidine rings is 1. The van der Waals surface area contributed by atoms with Crippen LogP contribution in [0, 0.1) is 5.41 Å². The predicted octanol–water partition coefficient (Wildman–Crippen LogP) is -5.41. The lowest BCUT2D eigenvalue weighted by atomic mass is 9.79. The fraction of sp³-hybridized carbons (Fsp3) is 0.647. The predicted molar refractivity (Wildman–Crippen MR) is 87.0 cm³/mol. The normalized spacial score (nSPS) is 16.4. The molecule has 0 spiro atoms. The van der Waals surface area contributed by atoms with Crippen molar-refractivity contribution in [3.8, 4) is 0 Å². The Morgan fingerprint density at radius 2 is 1.84 bits per heavy atom. The number of quaternary nitrogens is 1. The van der Waals surface area contributed by atoms with Gasteiger partial charge in [0.15, 0.2) is 12.4 Å². The van der Waals surface area contributed by atoms with Crippen molar-refractivity contribution in [2.45, 2.75) is 39.2 Å². The number of rotatable bonds is 4. The zero-order chi connectivity index (χ0) is 16.9. The van der Waals surface area contributed by atoms with Crippen LogP contribution in [0.2, 0.25) is 0 Å². The maximum Gasteiger partial charge on any atom is 0.513 e. The SMILES string of the molecule is CC(C)(C)OC(=O)[NH2+]CC1(CO)CCN(c2cc[nH+]cc2)CC1.[Cl-].[Cl-]. The number of nitrogens with two attached hydrogens (primary N) is 1. The Labute approximate surface area is 162 Å². The minimum absolute atomic E-state index is 0. The molecule has 2 heterocycles. The Balaban J connectivity index is 0.00000288. The number of anilines is 1. The van der Waals surface area contributed by atoms with Crippen LogP contribution in [0.1, 0.15) is 33.6 Å². The first-order chi connectivity index (χ1) is 10.8. The van der Waals surface area contributed by atoms with Gasteiger partial charge in [-0.1, -0.05) is 0 Å². The van der Waals surface area contributed by atoms with E-state index in [9.17, 15) is 9.90 Å². The monoisotopic (exact) mass is 393 g/mol. The summed E-state index contributed by atoms with van der Waals surface area (Å²) in [6.07, 6.45) is 5.26. The van der Waals surface area contributed by atoms with Crippen LogP contribution in [0.5, 0.6) is 0 Å². The summed E-state index contributed by atoms with van der Waals surface area (Å²) < 4.78 is 5.32. The van der Waals surface area contributed by atoms with E-state index in [-0.39, 0.29) is 42.9 Å². The number of aromatic nitrogens is 1. The van der Waals surface area contributed by atoms with Gasteiger partial charge in [-0.15, -0.1) is 0 Å². The molecule has 8 heteroatoms. The summed E-state index contributed by atoms with van der Waals surface area (Å²) in [5.74, 6) is 0. The van der Waals surface area contributed by atoms with E-state index in [2.05, 4.69) is 22.0 Å². The molecule has 0 aromatic carbocycles. The summed E-state index contributed by atoms with van der Waals surface area (Å²) in [4.78, 5) is 17.2. The number of pyridine rings is 1. The van der Waals surface area contributed by atoms with Crippen LogP contribution in [-0.2, 0) is 4.74 Å². The van der Waals surface area contributed by atoms with Crippen LogP contribution in [-0.4, -0.2) is 43.0 Å². The number of amides is 1. The van der Waals surface area contributed by atoms with Crippen molar-refractivity contribution in [2.24, 2.45) is 5.41 Å². The number of ether oxygens (including phenoxy) is 1. The molecule has 25 heavy (non-hydrogen) atoms. The molecular weight excluding hydrogens is 365 g/mol. The number of hydrogen-bond donors (Lipinski definition) is 2. The first kappa shape index (κ1) is 23.9. The van der Waals surface area contributed by atoms with Gasteiger partial charge in [-0.2, -0.15) is 4.79 Å². The van der Waals surface area contributed by atoms with E-state index in [1.54, 1.807) is 5.32 Å². The number of nitrogens with one attached hydrogen (secondary N) is 1. The number of aromatic amines is 1. The van der Waals surface area contributed by atoms with Crippen LogP contribution in [0.25, 0.3) is 0 Å². The van der Waals surface area contributed by atoms with Gasteiger partial charge < -0.3 is 39.6 Å². The highest BCUT2D eigenvalue weighted by Gasteiger charge is 2.37. The molecule has 0 radical (unpaired) electrons. The maximum absolute atomic E-state index is 11.9. The van der Waals surface area contributed by atoms with Crippen molar-refractivity contribution in [2.75, 3.05) is 31.1 Å². The zero-order valence-electron chi connectivity index (χ0n) is 15.1. The van der Waals surface area contributed by atoms with Crippen molar-refractivity contribution in [1.82, 2.24) is 0 Å². The number of nitrogens with zero attached hydrogens (tertiary/aromatic N) is 1. The number of carbonyl (C=O) groups excluding carboxylic acids is 1. The van der Waals surface area contributed by atoms with E-state index >= 15 is 0 Å². The molecule has 1 fully saturated rings. The van der Waals surface area contributed by atoms with Crippen LogP contribution in [0.15, 0.2) is 24.5 Å². The van der Waals surface area contributed by atoms with Gasteiger partial charge in [0, 0.05) is 36.3 Å². The molecule has 0 aliphatic carbocycles. The van der Waals surface area contributed by atoms with E-state index in [1.807, 2.05) is 33.2 Å². The van der Waals surface area contributed by atoms with E-state index < -0.39 is 5.60 Å². The highest BCUT2D eigenvalue weighted by Crippen LogP contribution is 2.31. The number of aliphatic hydroxyl groups is 1. The zero-order valence-corrected chi connectivity index (χ0v) is 16.6. The minimum atomic E-state index is -0.479. The lowest BCUT2D eigenvalue weighted by Gasteiger charge is -2.40. The minimum Gasteiger partial charge on any atom is -1.00 e. The standard InChI is InChI=1S/C17H27N3O3.2ClH/c1-16(2,3)23-15(22)19-12-17(13-21)6-10-20(11-7-17)14-4-8-18-9-5-14;;/h4-5,8-9,21H,6-7,10-13H2,1-3H3,(H,19,22);2*1H. The highest BCUT2D eigenvalue weighted by molar-refractivity contribution is 5.56. The topological polar surface area (TPSA) is 80.5 Å². The van der Waals surface area contributed by atoms with E-state index in [0.717, 1.165) is 25.9 Å². The molecule has 1 aromatic rings. The number of primary amides is 1. The van der Waals surface area contributed by atoms with E-state index in [0.29, 0.717) is 6.54 Å². The molecule has 4 N–H and O–H groups in total. The lowest BCUT2D eigenvalue weighted by molar-refractivity contribution is -0.588. The molecule has 0 bridgehead atoms. The van der Waals surface area contributed by atoms with E-state index in [4.69, 9.17) is 4.74 Å². The molecule has 1 aliphatic heterocycles. The highest BCUT2D eigenvalue weighted by atomic mass is 35.5. The van der Waals surface area contributed by atoms with Gasteiger partial charge in [0.1, 0.15) is 5.60 Å². The molecule has 0 unspecified atom stereocenters. The average molecular weight is 394 g/mol. The Hall–Kier alpha value is -1.08. The lowest BCUT2D eigenvalue weighted by Crippen LogP contribution is -3.00. The molecule has 1 amide bonds. The third-order valence-electron chi connectivity index (χ3n) is 4.33. The third kappa shape index (κ3) is 7.36. The molecule has 144 valence electrons. The molecule has 1 aliphatic rings. The molecular formula is C17H29Cl2N3O3. The van der Waals surface area contributed by atoms with Crippen molar-refractivity contribution in [1.29, 1.82) is 0 Å². The number of aliphatic hydroxyl groups excluding tert-OH is 1. The second kappa shape index (κ2) is 10.2. The van der Waals surface area contributed by atoms with Gasteiger partial charge in [-0.25, -0.2) is 10.3 Å². The number of halogens is 2. The van der Waals surface area contributed by atoms with Crippen LogP contribution >= 0.6 is 0 Å². The summed E-state index contributed by atoms with van der Waals surface area (Å²) in [6.45, 7) is 8.00. The second-order valence-electron chi connectivity index (χ2n) is 7.35. The summed E-state index contributed by atoms with van der Waals surface area (Å²) in [6, 6.07) is 4.11. The van der Waals surface area contributed by atoms with Crippen molar-refractivity contribution < 1.29 is 49.8 Å². The molecule has 0 atom stereocenters. The first-order valence-corrected chi connectivity index (χ1v) is 8.22. The van der Waals surface area contributed by atoms with Crippen LogP contribution < -0.4 is 40.0 Å². The Morgan fingerprint density at radius 3 is 2.32 bits per heavy atom. The number of carbonyl (C=O) groups is 1. The maximum atomic E-state index is 11.9. The molecule has 6 nitrogen and oxygen atoms in total. The van der Waals surface area contributed by atoms with Crippen LogP contribution in [0.4, 0.5) is 10.5 Å². The van der Waals surface area contributed by atoms with Crippen molar-refractivity contribution in [3.05, 3.63) is 24.5 Å². The van der Waals surface area contributed by atoms with Gasteiger partial charge in [-0.05, 0) is 33.6 Å². The summed E-state index contributed by atoms with van der Waals surface area (Å²) in [7, 11) is 0. The second-order valence-corrected chi connectivity index (χ2v) is 7.35. The molecule has 0 saturated carbocycles. The Bertz CT molecular complexity index is 516. The Kier molecular flexibility index (Phi) is 9.72. The Morgan fingerprint density at radius 1 is 1.28 bits per heavy atom. The van der Waals surface area contributed by atoms with Gasteiger partial charge in [0.25, 0.3) is 0 Å². The molecule has 1 saturated heterocycles. The van der Waals surface area contributed by atoms with Gasteiger partial charge >= 0.3 is 6.09 Å². The molecule has 2 rings (SSSR count). The van der Waals surface area contributed by atoms with E-state index in [1.165, 1.54) is 5.69 Å². The summed E-state index contributed by atoms with van der Waals surface area (Å²) in [5, 5.41) is 11.4. The van der Waals surface area contributed by atoms with Gasteiger partial charge in [0.2, 0.25) is 0 Å². The number of H-pyrrole nitrogens is 1. The largest absolute Gasteiger partial charge is 1.00 e. The van der Waals surface area contributed by atoms with Gasteiger partial charge in [-0.3, -0.25) is 0 Å². The number of hydrogen-bond acceptors (Lipinski definition) is 4. The van der Waals surface area contributed by atoms with Crippen molar-refractivity contribution in [3.63, 3.8) is 0 Å². The third-order valence-corrected chi connectivity index (χ3v) is 4.33.